The Morgan fingerprint density at radius 1 is 0.908 bits per heavy atom. The number of ether oxygens (including phenoxy) is 1. The van der Waals surface area contributed by atoms with Crippen molar-refractivity contribution in [2.45, 2.75) is 156 Å². The van der Waals surface area contributed by atoms with Crippen LogP contribution in [0.2, 0.25) is 0 Å². The minimum absolute atomic E-state index is 0.0254. The topological polar surface area (TPSA) is 288 Å². The summed E-state index contributed by atoms with van der Waals surface area (Å²) in [5.41, 5.74) is 0.386. The third-order valence-corrected chi connectivity index (χ3v) is 14.9. The van der Waals surface area contributed by atoms with E-state index in [0.29, 0.717) is 17.0 Å². The van der Waals surface area contributed by atoms with Gasteiger partial charge in [0.25, 0.3) is 11.8 Å². The number of aromatic nitrogens is 1. The lowest BCUT2D eigenvalue weighted by Crippen LogP contribution is -2.51. The zero-order chi connectivity index (χ0) is 57.1. The Bertz CT molecular complexity index is 2500. The maximum Gasteiger partial charge on any atom is 0.306 e. The number of thiazole rings is 1. The predicted octanol–water partition coefficient (Wildman–Crippen LogP) is 4.63. The number of carbonyl (C=O) groups is 10. The summed E-state index contributed by atoms with van der Waals surface area (Å²) in [6, 6.07) is 0.103. The van der Waals surface area contributed by atoms with Crippen LogP contribution in [0.25, 0.3) is 0 Å². The average molecular weight is 1070 g/mol. The van der Waals surface area contributed by atoms with E-state index in [4.69, 9.17) is 17.6 Å². The average Bonchev–Trinajstić information content (AvgIpc) is 3.87. The van der Waals surface area contributed by atoms with Crippen LogP contribution in [0.1, 0.15) is 140 Å². The van der Waals surface area contributed by atoms with Gasteiger partial charge in [0, 0.05) is 69.0 Å². The minimum atomic E-state index is -1.46. The normalized spacial score (nSPS) is 17.0. The first kappa shape index (κ1) is 63.3. The summed E-state index contributed by atoms with van der Waals surface area (Å²) in [4.78, 5) is 138. The van der Waals surface area contributed by atoms with Crippen LogP contribution in [0, 0.1) is 54.3 Å². The number of ketones is 3. The molecule has 1 fully saturated rings. The van der Waals surface area contributed by atoms with E-state index in [1.165, 1.54) is 51.3 Å². The number of aromatic hydroxyl groups is 1. The second kappa shape index (κ2) is 29.9. The number of carboxylic acid groups (broad SMARTS) is 1. The van der Waals surface area contributed by atoms with Gasteiger partial charge in [0.1, 0.15) is 22.5 Å². The number of piperidine rings is 1. The highest BCUT2D eigenvalue weighted by Crippen LogP contribution is 2.33. The standard InChI is InChI=1S/C55H75N7O13S/c1-13-31(6)39(27-47(67)43-18-16-17-21-61(43)11)54(72)62(12)44(30(4)5)28-48(75-35(10)63)53-60-42(29-76-53)52(71)57-37(22-33(8)55(73)74)24-36-19-20-45(65)40(25-36)59-50(69)32(7)23-46(66)34(9)56-51(70)41(26-38(64)14-2)58-49(68)15-3/h2-3,19-20,25,29-34,37,39,41,43-44,48,65H,13,16-18,21-24,26-28H2,1,4-12H3,(H,56,70)(H,57,71)(H,58,68)(H,59,69)(H,73,74)/t31-,32+,33?,34-,37+,39-,41?,43+,44+,48+/m0/s1. The number of carboxylic acids is 1. The largest absolute Gasteiger partial charge is 0.506 e. The number of terminal acetylenes is 2. The molecule has 0 radical (unpaired) electrons. The van der Waals surface area contributed by atoms with Crippen molar-refractivity contribution in [3.05, 3.63) is 39.8 Å². The molecule has 1 aliphatic heterocycles. The minimum Gasteiger partial charge on any atom is -0.506 e. The number of amides is 5. The highest BCUT2D eigenvalue weighted by atomic mass is 32.1. The molecule has 20 nitrogen and oxygen atoms in total. The Kier molecular flexibility index (Phi) is 25.0. The Balaban J connectivity index is 1.79. The van der Waals surface area contributed by atoms with Crippen molar-refractivity contribution in [2.75, 3.05) is 26.0 Å². The van der Waals surface area contributed by atoms with E-state index in [9.17, 15) is 58.2 Å². The molecule has 0 bridgehead atoms. The van der Waals surface area contributed by atoms with Gasteiger partial charge in [-0.2, -0.15) is 0 Å². The molecule has 414 valence electrons. The smallest absolute Gasteiger partial charge is 0.306 e. The summed E-state index contributed by atoms with van der Waals surface area (Å²) >= 11 is 1.08. The molecule has 1 saturated heterocycles. The van der Waals surface area contributed by atoms with E-state index in [2.05, 4.69) is 31.2 Å². The maximum atomic E-state index is 14.4. The van der Waals surface area contributed by atoms with Crippen molar-refractivity contribution in [1.82, 2.24) is 30.7 Å². The number of rotatable bonds is 29. The van der Waals surface area contributed by atoms with Crippen LogP contribution >= 0.6 is 11.3 Å². The fourth-order valence-electron chi connectivity index (χ4n) is 9.06. The van der Waals surface area contributed by atoms with Gasteiger partial charge in [0.15, 0.2) is 17.7 Å². The molecule has 10 atom stereocenters. The van der Waals surface area contributed by atoms with Crippen molar-refractivity contribution >= 4 is 75.8 Å². The Morgan fingerprint density at radius 2 is 1.59 bits per heavy atom. The van der Waals surface area contributed by atoms with Crippen LogP contribution in [-0.2, 0) is 54.3 Å². The molecular weight excluding hydrogens is 999 g/mol. The number of phenols is 1. The van der Waals surface area contributed by atoms with Gasteiger partial charge in [0.05, 0.1) is 23.7 Å². The molecule has 21 heteroatoms. The lowest BCUT2D eigenvalue weighted by molar-refractivity contribution is -0.149. The second-order valence-corrected chi connectivity index (χ2v) is 21.1. The van der Waals surface area contributed by atoms with E-state index < -0.39 is 102 Å². The second-order valence-electron chi connectivity index (χ2n) is 20.3. The van der Waals surface area contributed by atoms with Gasteiger partial charge in [-0.3, -0.25) is 52.8 Å². The lowest BCUT2D eigenvalue weighted by Gasteiger charge is -2.37. The van der Waals surface area contributed by atoms with Crippen molar-refractivity contribution in [3.8, 4) is 30.4 Å². The van der Waals surface area contributed by atoms with Gasteiger partial charge in [-0.15, -0.1) is 24.2 Å². The first-order valence-corrected chi connectivity index (χ1v) is 26.5. The van der Waals surface area contributed by atoms with Gasteiger partial charge in [-0.05, 0) is 87.6 Å². The number of likely N-dealkylation sites (tertiary alicyclic amines) is 1. The van der Waals surface area contributed by atoms with E-state index in [-0.39, 0.29) is 78.8 Å². The number of hydrogen-bond donors (Lipinski definition) is 6. The van der Waals surface area contributed by atoms with Crippen molar-refractivity contribution in [3.63, 3.8) is 0 Å². The van der Waals surface area contributed by atoms with E-state index in [0.717, 1.165) is 37.1 Å². The number of carbonyl (C=O) groups excluding carboxylic acids is 9. The SMILES string of the molecule is C#CC(=O)CC(NC(=O)C#C)C(=O)N[C@@H](C)C(=O)C[C@@H](C)C(=O)Nc1cc(C[C@@H](CC(C)C(=O)O)NC(=O)c2csc([C@@H](C[C@H](C(C)C)N(C)C(=O)[C@@H](CC(=O)[C@H]3CCCCN3C)[C@@H](C)CC)OC(C)=O)n2)ccc1O. The number of nitrogens with one attached hydrogen (secondary N) is 4. The maximum absolute atomic E-state index is 14.4. The molecule has 1 aromatic heterocycles. The summed E-state index contributed by atoms with van der Waals surface area (Å²) in [7, 11) is 3.64. The van der Waals surface area contributed by atoms with Crippen molar-refractivity contribution < 1.29 is 62.9 Å². The molecule has 3 rings (SSSR count). The molecule has 2 unspecified atom stereocenters. The zero-order valence-electron chi connectivity index (χ0n) is 45.2. The van der Waals surface area contributed by atoms with Crippen molar-refractivity contribution in [2.24, 2.45) is 29.6 Å². The first-order valence-electron chi connectivity index (χ1n) is 25.6. The van der Waals surface area contributed by atoms with Gasteiger partial charge >= 0.3 is 11.9 Å². The monoisotopic (exact) mass is 1070 g/mol. The van der Waals surface area contributed by atoms with E-state index in [1.54, 1.807) is 17.9 Å². The molecular formula is C55H75N7O13S. The molecule has 1 aromatic carbocycles. The first-order chi connectivity index (χ1) is 35.7. The molecule has 0 aliphatic carbocycles. The van der Waals surface area contributed by atoms with E-state index in [1.807, 2.05) is 40.7 Å². The quantitative estimate of drug-likeness (QED) is 0.0280. The molecule has 6 N–H and O–H groups in total. The van der Waals surface area contributed by atoms with Crippen LogP contribution < -0.4 is 21.3 Å². The predicted molar refractivity (Wildman–Crippen MR) is 284 cm³/mol. The third-order valence-electron chi connectivity index (χ3n) is 13.9. The Morgan fingerprint density at radius 3 is 2.18 bits per heavy atom. The number of aliphatic carboxylic acids is 1. The summed E-state index contributed by atoms with van der Waals surface area (Å²) in [5.74, 6) is -5.90. The van der Waals surface area contributed by atoms with Gasteiger partial charge in [0.2, 0.25) is 23.5 Å². The number of likely N-dealkylation sites (N-methyl/N-ethyl adjacent to an activating group) is 1. The number of Topliss-reactive ketones (excluding diaryl/α,β-unsaturated/α-hetero) is 3. The number of phenolic OH excluding ortho intramolecular Hbond substituents is 1. The molecule has 2 aromatic rings. The van der Waals surface area contributed by atoms with Gasteiger partial charge < -0.3 is 41.1 Å². The number of anilines is 1. The molecule has 5 amide bonds. The number of benzene rings is 1. The van der Waals surface area contributed by atoms with Crippen LogP contribution in [0.3, 0.4) is 0 Å². The molecule has 2 heterocycles. The number of nitrogens with zero attached hydrogens (tertiary/aromatic N) is 3. The number of hydrogen-bond acceptors (Lipinski definition) is 15. The highest BCUT2D eigenvalue weighted by Gasteiger charge is 2.38. The fraction of sp³-hybridized carbons (Fsp3) is 0.582. The van der Waals surface area contributed by atoms with Gasteiger partial charge in [-0.25, -0.2) is 4.98 Å². The molecule has 1 aliphatic rings. The highest BCUT2D eigenvalue weighted by molar-refractivity contribution is 7.09. The van der Waals surface area contributed by atoms with Crippen LogP contribution in [0.15, 0.2) is 23.6 Å². The fourth-order valence-corrected chi connectivity index (χ4v) is 9.90. The summed E-state index contributed by atoms with van der Waals surface area (Å²) in [6.07, 6.45) is 11.9. The summed E-state index contributed by atoms with van der Waals surface area (Å²) in [5, 5.41) is 32.4. The third kappa shape index (κ3) is 19.0. The van der Waals surface area contributed by atoms with E-state index >= 15 is 0 Å². The van der Waals surface area contributed by atoms with Gasteiger partial charge in [-0.1, -0.05) is 60.5 Å². The summed E-state index contributed by atoms with van der Waals surface area (Å²) in [6.45, 7) is 14.2. The zero-order valence-corrected chi connectivity index (χ0v) is 46.0. The molecule has 0 saturated carbocycles. The molecule has 76 heavy (non-hydrogen) atoms. The number of esters is 1. The van der Waals surface area contributed by atoms with Crippen LogP contribution in [-0.4, -0.2) is 135 Å². The summed E-state index contributed by atoms with van der Waals surface area (Å²) < 4.78 is 5.81. The lowest BCUT2D eigenvalue weighted by atomic mass is 9.83. The molecule has 0 spiro atoms. The Labute approximate surface area is 449 Å². The van der Waals surface area contributed by atoms with Crippen LogP contribution in [0.5, 0.6) is 5.75 Å². The van der Waals surface area contributed by atoms with Crippen LogP contribution in [0.4, 0.5) is 5.69 Å². The Hall–Kier alpha value is -6.97. The van der Waals surface area contributed by atoms with Crippen molar-refractivity contribution in [1.29, 1.82) is 0 Å².